The fourth-order valence-electron chi connectivity index (χ4n) is 3.38. The summed E-state index contributed by atoms with van der Waals surface area (Å²) in [7, 11) is -1.70. The van der Waals surface area contributed by atoms with Crippen molar-refractivity contribution in [3.63, 3.8) is 0 Å². The molecule has 0 radical (unpaired) electrons. The van der Waals surface area contributed by atoms with Crippen molar-refractivity contribution in [3.05, 3.63) is 22.7 Å². The van der Waals surface area contributed by atoms with Gasteiger partial charge in [0.25, 0.3) is 5.91 Å². The molecular formula is C22H32ClNO7S. The number of hydrogen-bond donors (Lipinski definition) is 0. The zero-order valence-electron chi connectivity index (χ0n) is 19.1. The summed E-state index contributed by atoms with van der Waals surface area (Å²) in [5.41, 5.74) is 0.125. The van der Waals surface area contributed by atoms with Crippen molar-refractivity contribution in [1.29, 1.82) is 0 Å². The Labute approximate surface area is 195 Å². The molecule has 0 bridgehead atoms. The average Bonchev–Trinajstić information content (AvgIpc) is 3.09. The third-order valence-electron chi connectivity index (χ3n) is 5.07. The van der Waals surface area contributed by atoms with Crippen LogP contribution in [0.25, 0.3) is 0 Å². The summed E-state index contributed by atoms with van der Waals surface area (Å²) in [5, 5.41) is 0.198. The normalized spacial score (nSPS) is 17.2. The van der Waals surface area contributed by atoms with Gasteiger partial charge in [-0.1, -0.05) is 38.8 Å². The maximum absolute atomic E-state index is 12.8. The number of benzene rings is 1. The van der Waals surface area contributed by atoms with E-state index in [1.54, 1.807) is 0 Å². The minimum atomic E-state index is -3.14. The van der Waals surface area contributed by atoms with Crippen molar-refractivity contribution < 1.29 is 32.2 Å². The maximum Gasteiger partial charge on any atom is 0.338 e. The summed E-state index contributed by atoms with van der Waals surface area (Å²) in [6.45, 7) is 6.35. The van der Waals surface area contributed by atoms with E-state index in [-0.39, 0.29) is 39.8 Å². The number of amides is 1. The molecule has 0 spiro atoms. The standard InChI is InChI=1S/C22H32ClNO7S/c1-5-6-8-24(17-7-9-32(27,28)14-17)20(25)13-31-22(26)16-10-18(23)21(19(11-16)29-4)30-12-15(2)3/h10-11,15,17H,5-9,12-14H2,1-4H3. The Morgan fingerprint density at radius 2 is 2.00 bits per heavy atom. The molecule has 1 aromatic rings. The van der Waals surface area contributed by atoms with Gasteiger partial charge in [-0.25, -0.2) is 13.2 Å². The van der Waals surface area contributed by atoms with Crippen LogP contribution in [0.1, 0.15) is 50.4 Å². The summed E-state index contributed by atoms with van der Waals surface area (Å²) in [5.74, 6) is -0.233. The lowest BCUT2D eigenvalue weighted by Crippen LogP contribution is -2.43. The maximum atomic E-state index is 12.8. The van der Waals surface area contributed by atoms with Crippen LogP contribution in [0.15, 0.2) is 12.1 Å². The van der Waals surface area contributed by atoms with Crippen LogP contribution in [0.3, 0.4) is 0 Å². The number of rotatable bonds is 11. The average molecular weight is 490 g/mol. The highest BCUT2D eigenvalue weighted by Crippen LogP contribution is 2.37. The van der Waals surface area contributed by atoms with Gasteiger partial charge in [0.15, 0.2) is 27.9 Å². The molecule has 1 fully saturated rings. The quantitative estimate of drug-likeness (QED) is 0.439. The number of carbonyl (C=O) groups excluding carboxylic acids is 2. The number of carbonyl (C=O) groups is 2. The van der Waals surface area contributed by atoms with E-state index < -0.39 is 28.3 Å². The van der Waals surface area contributed by atoms with Gasteiger partial charge in [0.2, 0.25) is 0 Å². The van der Waals surface area contributed by atoms with Gasteiger partial charge in [-0.05, 0) is 30.9 Å². The Morgan fingerprint density at radius 3 is 2.56 bits per heavy atom. The lowest BCUT2D eigenvalue weighted by Gasteiger charge is -2.28. The van der Waals surface area contributed by atoms with E-state index in [9.17, 15) is 18.0 Å². The van der Waals surface area contributed by atoms with Gasteiger partial charge in [0, 0.05) is 12.6 Å². The predicted molar refractivity (Wildman–Crippen MR) is 122 cm³/mol. The third-order valence-corrected chi connectivity index (χ3v) is 7.11. The summed E-state index contributed by atoms with van der Waals surface area (Å²) in [4.78, 5) is 26.8. The van der Waals surface area contributed by atoms with Crippen molar-refractivity contribution >= 4 is 33.3 Å². The van der Waals surface area contributed by atoms with Crippen LogP contribution in [0.2, 0.25) is 5.02 Å². The molecule has 1 aromatic carbocycles. The molecule has 1 atom stereocenters. The highest BCUT2D eigenvalue weighted by molar-refractivity contribution is 7.91. The second kappa shape index (κ2) is 11.7. The van der Waals surface area contributed by atoms with Crippen LogP contribution in [0, 0.1) is 5.92 Å². The van der Waals surface area contributed by atoms with Crippen LogP contribution in [0.5, 0.6) is 11.5 Å². The molecule has 180 valence electrons. The molecule has 1 unspecified atom stereocenters. The van der Waals surface area contributed by atoms with Gasteiger partial charge in [0.1, 0.15) is 0 Å². The fraction of sp³-hybridized carbons (Fsp3) is 0.636. The topological polar surface area (TPSA) is 99.2 Å². The van der Waals surface area contributed by atoms with Gasteiger partial charge in [0.05, 0.1) is 35.8 Å². The van der Waals surface area contributed by atoms with Gasteiger partial charge >= 0.3 is 5.97 Å². The first kappa shape index (κ1) is 26.3. The largest absolute Gasteiger partial charge is 0.493 e. The number of sulfone groups is 1. The number of nitrogens with zero attached hydrogens (tertiary/aromatic N) is 1. The van der Waals surface area contributed by atoms with Crippen molar-refractivity contribution in [2.45, 2.75) is 46.1 Å². The van der Waals surface area contributed by atoms with E-state index in [1.165, 1.54) is 24.1 Å². The molecule has 8 nitrogen and oxygen atoms in total. The van der Waals surface area contributed by atoms with Gasteiger partial charge < -0.3 is 19.1 Å². The van der Waals surface area contributed by atoms with Gasteiger partial charge in [-0.2, -0.15) is 0 Å². The first-order valence-electron chi connectivity index (χ1n) is 10.7. The Morgan fingerprint density at radius 1 is 1.28 bits per heavy atom. The highest BCUT2D eigenvalue weighted by Gasteiger charge is 2.34. The van der Waals surface area contributed by atoms with Crippen molar-refractivity contribution in [3.8, 4) is 11.5 Å². The molecule has 2 rings (SSSR count). The van der Waals surface area contributed by atoms with Gasteiger partial charge in [-0.15, -0.1) is 0 Å². The number of ether oxygens (including phenoxy) is 3. The predicted octanol–water partition coefficient (Wildman–Crippen LogP) is 3.36. The molecule has 1 heterocycles. The van der Waals surface area contributed by atoms with Crippen LogP contribution < -0.4 is 9.47 Å². The second-order valence-corrected chi connectivity index (χ2v) is 10.9. The summed E-state index contributed by atoms with van der Waals surface area (Å²) >= 11 is 6.28. The van der Waals surface area contributed by atoms with Crippen LogP contribution >= 0.6 is 11.6 Å². The number of hydrogen-bond acceptors (Lipinski definition) is 7. The molecule has 1 saturated heterocycles. The monoisotopic (exact) mass is 489 g/mol. The van der Waals surface area contributed by atoms with Crippen molar-refractivity contribution in [2.75, 3.05) is 38.4 Å². The van der Waals surface area contributed by atoms with Crippen LogP contribution in [-0.4, -0.2) is 69.6 Å². The zero-order chi connectivity index (χ0) is 23.9. The lowest BCUT2D eigenvalue weighted by molar-refractivity contribution is -0.136. The molecule has 0 N–H and O–H groups in total. The molecule has 10 heteroatoms. The number of unbranched alkanes of at least 4 members (excludes halogenated alkanes) is 1. The smallest absolute Gasteiger partial charge is 0.338 e. The molecule has 0 aromatic heterocycles. The lowest BCUT2D eigenvalue weighted by atomic mass is 10.2. The Kier molecular flexibility index (Phi) is 9.64. The minimum Gasteiger partial charge on any atom is -0.493 e. The fourth-order valence-corrected chi connectivity index (χ4v) is 5.38. The van der Waals surface area contributed by atoms with E-state index in [2.05, 4.69) is 0 Å². The van der Waals surface area contributed by atoms with Crippen molar-refractivity contribution in [2.24, 2.45) is 5.92 Å². The highest BCUT2D eigenvalue weighted by atomic mass is 35.5. The zero-order valence-corrected chi connectivity index (χ0v) is 20.6. The Balaban J connectivity index is 2.07. The molecule has 0 aliphatic carbocycles. The van der Waals surface area contributed by atoms with Crippen molar-refractivity contribution in [1.82, 2.24) is 4.90 Å². The van der Waals surface area contributed by atoms with Crippen LogP contribution in [0.4, 0.5) is 0 Å². The summed E-state index contributed by atoms with van der Waals surface area (Å²) in [6, 6.07) is 2.47. The molecule has 1 amide bonds. The molecular weight excluding hydrogens is 458 g/mol. The van der Waals surface area contributed by atoms with E-state index in [0.717, 1.165) is 12.8 Å². The first-order chi connectivity index (χ1) is 15.1. The Hall–Kier alpha value is -2.00. The first-order valence-corrected chi connectivity index (χ1v) is 12.9. The molecule has 1 aliphatic rings. The molecule has 0 saturated carbocycles. The van der Waals surface area contributed by atoms with E-state index in [4.69, 9.17) is 25.8 Å². The molecule has 1 aliphatic heterocycles. The van der Waals surface area contributed by atoms with Gasteiger partial charge in [-0.3, -0.25) is 4.79 Å². The van der Waals surface area contributed by atoms with E-state index in [1.807, 2.05) is 20.8 Å². The van der Waals surface area contributed by atoms with E-state index in [0.29, 0.717) is 25.3 Å². The second-order valence-electron chi connectivity index (χ2n) is 8.27. The minimum absolute atomic E-state index is 0.0545. The van der Waals surface area contributed by atoms with E-state index >= 15 is 0 Å². The Bertz CT molecular complexity index is 917. The summed E-state index contributed by atoms with van der Waals surface area (Å²) < 4.78 is 39.9. The van der Waals surface area contributed by atoms with Crippen LogP contribution in [-0.2, 0) is 19.4 Å². The molecule has 32 heavy (non-hydrogen) atoms. The number of methoxy groups -OCH3 is 1. The number of halogens is 1. The third kappa shape index (κ3) is 7.27. The number of esters is 1. The summed E-state index contributed by atoms with van der Waals surface area (Å²) in [6.07, 6.45) is 1.99. The SMILES string of the molecule is CCCCN(C(=O)COC(=O)c1cc(Cl)c(OCC(C)C)c(OC)c1)C1CCS(=O)(=O)C1.